The predicted octanol–water partition coefficient (Wildman–Crippen LogP) is 1.64. The molecule has 0 unspecified atom stereocenters. The molecule has 0 saturated heterocycles. The number of rotatable bonds is 6. The lowest BCUT2D eigenvalue weighted by Crippen LogP contribution is -2.36. The van der Waals surface area contributed by atoms with Crippen molar-refractivity contribution in [1.29, 1.82) is 0 Å². The van der Waals surface area contributed by atoms with E-state index in [1.54, 1.807) is 18.8 Å². The number of aliphatic hydroxyl groups excluding tert-OH is 1. The van der Waals surface area contributed by atoms with Gasteiger partial charge in [0.05, 0.1) is 17.6 Å². The summed E-state index contributed by atoms with van der Waals surface area (Å²) in [4.78, 5) is 21.1. The Kier molecular flexibility index (Phi) is 5.03. The van der Waals surface area contributed by atoms with E-state index in [0.717, 1.165) is 22.6 Å². The van der Waals surface area contributed by atoms with Crippen molar-refractivity contribution in [2.24, 2.45) is 0 Å². The third kappa shape index (κ3) is 3.52. The van der Waals surface area contributed by atoms with E-state index in [2.05, 4.69) is 9.97 Å². The van der Waals surface area contributed by atoms with Crippen molar-refractivity contribution >= 4 is 28.7 Å². The highest BCUT2D eigenvalue weighted by Crippen LogP contribution is 2.12. The van der Waals surface area contributed by atoms with Gasteiger partial charge < -0.3 is 15.0 Å². The molecule has 0 saturated carbocycles. The van der Waals surface area contributed by atoms with Crippen molar-refractivity contribution in [2.45, 2.75) is 19.1 Å². The maximum atomic E-state index is 12.0. The number of aliphatic hydroxyl groups is 1. The monoisotopic (exact) mass is 293 g/mol. The van der Waals surface area contributed by atoms with Gasteiger partial charge in [0.1, 0.15) is 11.9 Å². The highest BCUT2D eigenvalue weighted by Gasteiger charge is 2.19. The molecule has 0 spiro atoms. The number of benzene rings is 1. The van der Waals surface area contributed by atoms with E-state index < -0.39 is 6.10 Å². The van der Waals surface area contributed by atoms with Gasteiger partial charge in [0.15, 0.2) is 0 Å². The van der Waals surface area contributed by atoms with Crippen LogP contribution in [0.5, 0.6) is 0 Å². The Hall–Kier alpha value is -1.53. The first-order valence-electron chi connectivity index (χ1n) is 6.47. The Bertz CT molecular complexity index is 552. The molecular formula is C14H19N3O2S. The fraction of sp³-hybridized carbons (Fsp3) is 0.429. The van der Waals surface area contributed by atoms with Crippen LogP contribution in [0, 0.1) is 0 Å². The minimum atomic E-state index is -0.933. The Balaban J connectivity index is 1.99. The van der Waals surface area contributed by atoms with Gasteiger partial charge in [-0.05, 0) is 30.6 Å². The van der Waals surface area contributed by atoms with Crippen LogP contribution < -0.4 is 0 Å². The molecule has 1 heterocycles. The van der Waals surface area contributed by atoms with Crippen LogP contribution in [0.2, 0.25) is 0 Å². The summed E-state index contributed by atoms with van der Waals surface area (Å²) in [6.45, 7) is 0.365. The second-order valence-corrected chi connectivity index (χ2v) is 5.68. The molecule has 2 N–H and O–H groups in total. The first-order chi connectivity index (χ1) is 9.61. The fourth-order valence-electron chi connectivity index (χ4n) is 1.99. The molecule has 0 aliphatic heterocycles. The topological polar surface area (TPSA) is 69.2 Å². The van der Waals surface area contributed by atoms with Crippen molar-refractivity contribution < 1.29 is 9.90 Å². The molecule has 2 aromatic rings. The SMILES string of the molecule is CSCC[C@@H](O)C(=O)N(C)Cc1nc2ccccc2[nH]1. The number of imidazole rings is 1. The van der Waals surface area contributed by atoms with Gasteiger partial charge in [-0.2, -0.15) is 11.8 Å². The van der Waals surface area contributed by atoms with Gasteiger partial charge in [0.2, 0.25) is 0 Å². The number of thioether (sulfide) groups is 1. The van der Waals surface area contributed by atoms with E-state index in [-0.39, 0.29) is 5.91 Å². The lowest BCUT2D eigenvalue weighted by Gasteiger charge is -2.19. The van der Waals surface area contributed by atoms with Crippen molar-refractivity contribution in [3.8, 4) is 0 Å². The molecule has 0 radical (unpaired) electrons. The van der Waals surface area contributed by atoms with Gasteiger partial charge in [0.25, 0.3) is 5.91 Å². The second kappa shape index (κ2) is 6.76. The molecule has 20 heavy (non-hydrogen) atoms. The van der Waals surface area contributed by atoms with Crippen LogP contribution >= 0.6 is 11.8 Å². The summed E-state index contributed by atoms with van der Waals surface area (Å²) in [7, 11) is 1.68. The average Bonchev–Trinajstić information content (AvgIpc) is 2.85. The molecule has 0 fully saturated rings. The molecule has 0 bridgehead atoms. The summed E-state index contributed by atoms with van der Waals surface area (Å²) >= 11 is 1.62. The van der Waals surface area contributed by atoms with Crippen LogP contribution in [0.4, 0.5) is 0 Å². The number of aromatic nitrogens is 2. The smallest absolute Gasteiger partial charge is 0.251 e. The number of aromatic amines is 1. The Morgan fingerprint density at radius 1 is 1.50 bits per heavy atom. The minimum Gasteiger partial charge on any atom is -0.383 e. The molecule has 108 valence electrons. The highest BCUT2D eigenvalue weighted by molar-refractivity contribution is 7.98. The van der Waals surface area contributed by atoms with E-state index >= 15 is 0 Å². The number of nitrogens with one attached hydrogen (secondary N) is 1. The van der Waals surface area contributed by atoms with Crippen LogP contribution in [0.25, 0.3) is 11.0 Å². The molecule has 2 rings (SSSR count). The molecule has 1 aromatic heterocycles. The van der Waals surface area contributed by atoms with E-state index in [0.29, 0.717) is 13.0 Å². The maximum Gasteiger partial charge on any atom is 0.251 e. The summed E-state index contributed by atoms with van der Waals surface area (Å²) in [6.07, 6.45) is 1.50. The zero-order chi connectivity index (χ0) is 14.5. The van der Waals surface area contributed by atoms with Gasteiger partial charge in [-0.1, -0.05) is 12.1 Å². The van der Waals surface area contributed by atoms with Gasteiger partial charge in [-0.25, -0.2) is 4.98 Å². The molecular weight excluding hydrogens is 274 g/mol. The normalized spacial score (nSPS) is 12.6. The molecule has 0 aliphatic rings. The first kappa shape index (κ1) is 14.9. The molecule has 1 atom stereocenters. The number of para-hydroxylation sites is 2. The second-order valence-electron chi connectivity index (χ2n) is 4.69. The zero-order valence-electron chi connectivity index (χ0n) is 11.7. The van der Waals surface area contributed by atoms with Crippen molar-refractivity contribution in [3.05, 3.63) is 30.1 Å². The van der Waals surface area contributed by atoms with Gasteiger partial charge in [0, 0.05) is 7.05 Å². The number of fused-ring (bicyclic) bond motifs is 1. The quantitative estimate of drug-likeness (QED) is 0.849. The van der Waals surface area contributed by atoms with Crippen molar-refractivity contribution in [1.82, 2.24) is 14.9 Å². The number of H-pyrrole nitrogens is 1. The summed E-state index contributed by atoms with van der Waals surface area (Å²) in [5.41, 5.74) is 1.83. The predicted molar refractivity (Wildman–Crippen MR) is 81.6 cm³/mol. The third-order valence-electron chi connectivity index (χ3n) is 3.08. The molecule has 6 heteroatoms. The number of amides is 1. The number of hydrogen-bond donors (Lipinski definition) is 2. The molecule has 1 amide bonds. The summed E-state index contributed by atoms with van der Waals surface area (Å²) in [5.74, 6) is 1.23. The number of hydrogen-bond acceptors (Lipinski definition) is 4. The van der Waals surface area contributed by atoms with E-state index in [4.69, 9.17) is 0 Å². The number of carbonyl (C=O) groups excluding carboxylic acids is 1. The van der Waals surface area contributed by atoms with Crippen LogP contribution in [0.1, 0.15) is 12.2 Å². The van der Waals surface area contributed by atoms with Crippen LogP contribution in [-0.2, 0) is 11.3 Å². The highest BCUT2D eigenvalue weighted by atomic mass is 32.2. The molecule has 0 aliphatic carbocycles. The van der Waals surface area contributed by atoms with Crippen LogP contribution in [0.15, 0.2) is 24.3 Å². The van der Waals surface area contributed by atoms with E-state index in [1.165, 1.54) is 4.90 Å². The van der Waals surface area contributed by atoms with Gasteiger partial charge in [-0.3, -0.25) is 4.79 Å². The minimum absolute atomic E-state index is 0.264. The summed E-state index contributed by atoms with van der Waals surface area (Å²) < 4.78 is 0. The molecule has 1 aromatic carbocycles. The third-order valence-corrected chi connectivity index (χ3v) is 3.73. The van der Waals surface area contributed by atoms with Crippen molar-refractivity contribution in [3.63, 3.8) is 0 Å². The maximum absolute atomic E-state index is 12.0. The zero-order valence-corrected chi connectivity index (χ0v) is 12.5. The van der Waals surface area contributed by atoms with Gasteiger partial charge >= 0.3 is 0 Å². The Morgan fingerprint density at radius 2 is 2.25 bits per heavy atom. The Labute approximate surface area is 122 Å². The number of nitrogens with zero attached hydrogens (tertiary/aromatic N) is 2. The fourth-order valence-corrected chi connectivity index (χ4v) is 2.45. The number of carbonyl (C=O) groups is 1. The lowest BCUT2D eigenvalue weighted by molar-refractivity contribution is -0.139. The van der Waals surface area contributed by atoms with Crippen molar-refractivity contribution in [2.75, 3.05) is 19.1 Å². The first-order valence-corrected chi connectivity index (χ1v) is 7.87. The van der Waals surface area contributed by atoms with E-state index in [9.17, 15) is 9.90 Å². The average molecular weight is 293 g/mol. The van der Waals surface area contributed by atoms with E-state index in [1.807, 2.05) is 30.5 Å². The Morgan fingerprint density at radius 3 is 2.95 bits per heavy atom. The van der Waals surface area contributed by atoms with Crippen LogP contribution in [-0.4, -0.2) is 51.0 Å². The largest absolute Gasteiger partial charge is 0.383 e. The lowest BCUT2D eigenvalue weighted by atomic mass is 10.2. The summed E-state index contributed by atoms with van der Waals surface area (Å²) in [5, 5.41) is 9.80. The van der Waals surface area contributed by atoms with Crippen LogP contribution in [0.3, 0.4) is 0 Å². The standard InChI is InChI=1S/C14H19N3O2S/c1-17(14(19)12(18)7-8-20-2)9-13-15-10-5-3-4-6-11(10)16-13/h3-6,12,18H,7-9H2,1-2H3,(H,15,16)/t12-/m1/s1. The summed E-state index contributed by atoms with van der Waals surface area (Å²) in [6, 6.07) is 7.73. The molecule has 5 nitrogen and oxygen atoms in total. The van der Waals surface area contributed by atoms with Gasteiger partial charge in [-0.15, -0.1) is 0 Å². The number of likely N-dealkylation sites (N-methyl/N-ethyl adjacent to an activating group) is 1.